The summed E-state index contributed by atoms with van der Waals surface area (Å²) in [5.74, 6) is -0.827. The van der Waals surface area contributed by atoms with Crippen LogP contribution in [0.2, 0.25) is 0 Å². The smallest absolute Gasteiger partial charge is 0.339 e. The van der Waals surface area contributed by atoms with Crippen LogP contribution in [0.25, 0.3) is 5.57 Å². The monoisotopic (exact) mass is 354 g/mol. The van der Waals surface area contributed by atoms with Crippen molar-refractivity contribution in [3.63, 3.8) is 0 Å². The lowest BCUT2D eigenvalue weighted by molar-refractivity contribution is -0.151. The van der Waals surface area contributed by atoms with E-state index in [9.17, 15) is 4.79 Å². The molecule has 136 valence electrons. The van der Waals surface area contributed by atoms with Crippen LogP contribution < -0.4 is 0 Å². The first-order chi connectivity index (χ1) is 12.5. The van der Waals surface area contributed by atoms with Crippen LogP contribution in [0.15, 0.2) is 47.1 Å². The van der Waals surface area contributed by atoms with Crippen molar-refractivity contribution < 1.29 is 23.7 Å². The summed E-state index contributed by atoms with van der Waals surface area (Å²) in [7, 11) is 0. The third-order valence-corrected chi connectivity index (χ3v) is 5.97. The fourth-order valence-electron chi connectivity index (χ4n) is 4.71. The van der Waals surface area contributed by atoms with Crippen molar-refractivity contribution in [3.8, 4) is 0 Å². The number of cyclic esters (lactones) is 1. The van der Waals surface area contributed by atoms with Gasteiger partial charge in [0.15, 0.2) is 5.79 Å². The van der Waals surface area contributed by atoms with E-state index in [1.807, 2.05) is 32.0 Å². The Balaban J connectivity index is 1.67. The number of ether oxygens (including phenoxy) is 4. The molecule has 3 heterocycles. The molecule has 5 nitrogen and oxygen atoms in total. The molecule has 3 fully saturated rings. The maximum Gasteiger partial charge on any atom is 0.339 e. The Hall–Kier alpha value is -1.95. The molecule has 26 heavy (non-hydrogen) atoms. The highest BCUT2D eigenvalue weighted by Crippen LogP contribution is 2.55. The van der Waals surface area contributed by atoms with E-state index in [2.05, 4.69) is 12.1 Å². The fraction of sp³-hybridized carbons (Fsp3) is 0.476. The Kier molecular flexibility index (Phi) is 3.45. The third kappa shape index (κ3) is 2.24. The first-order valence-electron chi connectivity index (χ1n) is 9.08. The SMILES string of the molecule is CC1(C)OC[C@H](C23COCC2=C2COC(=O)C2=C(c2ccccc2)C3)O1. The standard InChI is InChI=1S/C21H22O5/c1-20(2)25-11-17(26-20)21-8-14(13-6-4-3-5-7-13)18-15(9-24-19(18)22)16(21)10-23-12-21/h3-7,17H,8-12H2,1-2H3/t17-,21?/m1/s1. The Morgan fingerprint density at radius 1 is 1.08 bits per heavy atom. The van der Waals surface area contributed by atoms with Gasteiger partial charge in [-0.05, 0) is 37.0 Å². The molecule has 0 amide bonds. The van der Waals surface area contributed by atoms with E-state index in [0.717, 1.165) is 27.9 Å². The van der Waals surface area contributed by atoms with Gasteiger partial charge in [0, 0.05) is 5.57 Å². The molecule has 0 aromatic heterocycles. The molecule has 2 atom stereocenters. The second kappa shape index (κ2) is 5.52. The second-order valence-corrected chi connectivity index (χ2v) is 7.90. The van der Waals surface area contributed by atoms with Gasteiger partial charge in [0.2, 0.25) is 0 Å². The predicted molar refractivity (Wildman–Crippen MR) is 94.1 cm³/mol. The van der Waals surface area contributed by atoms with Crippen molar-refractivity contribution in [3.05, 3.63) is 52.6 Å². The van der Waals surface area contributed by atoms with Gasteiger partial charge in [-0.2, -0.15) is 0 Å². The first-order valence-corrected chi connectivity index (χ1v) is 9.08. The number of carbonyl (C=O) groups is 1. The molecular weight excluding hydrogens is 332 g/mol. The Bertz CT molecular complexity index is 835. The van der Waals surface area contributed by atoms with E-state index in [-0.39, 0.29) is 17.5 Å². The Morgan fingerprint density at radius 2 is 1.88 bits per heavy atom. The van der Waals surface area contributed by atoms with Crippen LogP contribution in [-0.2, 0) is 23.7 Å². The van der Waals surface area contributed by atoms with Crippen molar-refractivity contribution in [2.24, 2.45) is 5.41 Å². The number of carbonyl (C=O) groups excluding carboxylic acids is 1. The molecule has 3 aliphatic heterocycles. The number of benzene rings is 1. The van der Waals surface area contributed by atoms with Crippen molar-refractivity contribution in [1.29, 1.82) is 0 Å². The maximum atomic E-state index is 12.5. The van der Waals surface area contributed by atoms with E-state index in [1.165, 1.54) is 0 Å². The lowest BCUT2D eigenvalue weighted by Gasteiger charge is -2.39. The van der Waals surface area contributed by atoms with Crippen LogP contribution in [0.3, 0.4) is 0 Å². The largest absolute Gasteiger partial charge is 0.457 e. The molecule has 1 aromatic carbocycles. The molecule has 4 aliphatic rings. The molecule has 0 N–H and O–H groups in total. The van der Waals surface area contributed by atoms with Crippen LogP contribution in [0, 0.1) is 5.41 Å². The third-order valence-electron chi connectivity index (χ3n) is 5.97. The van der Waals surface area contributed by atoms with Crippen LogP contribution in [-0.4, -0.2) is 44.3 Å². The molecule has 5 rings (SSSR count). The molecule has 0 spiro atoms. The highest BCUT2D eigenvalue weighted by atomic mass is 16.7. The maximum absolute atomic E-state index is 12.5. The van der Waals surface area contributed by atoms with Gasteiger partial charge in [-0.25, -0.2) is 4.79 Å². The van der Waals surface area contributed by atoms with Gasteiger partial charge in [0.1, 0.15) is 6.61 Å². The molecule has 5 heteroatoms. The molecule has 0 saturated carbocycles. The average Bonchev–Trinajstić information content (AvgIpc) is 3.32. The summed E-state index contributed by atoms with van der Waals surface area (Å²) >= 11 is 0. The van der Waals surface area contributed by atoms with Crippen LogP contribution in [0.4, 0.5) is 0 Å². The molecule has 1 aliphatic carbocycles. The lowest BCUT2D eigenvalue weighted by atomic mass is 9.65. The Labute approximate surface area is 152 Å². The number of fused-ring (bicyclic) bond motifs is 2. The molecule has 0 radical (unpaired) electrons. The zero-order valence-electron chi connectivity index (χ0n) is 15.0. The summed E-state index contributed by atoms with van der Waals surface area (Å²) in [6.07, 6.45) is 0.600. The minimum Gasteiger partial charge on any atom is -0.457 e. The highest BCUT2D eigenvalue weighted by Gasteiger charge is 2.56. The van der Waals surface area contributed by atoms with Crippen LogP contribution in [0.1, 0.15) is 25.8 Å². The van der Waals surface area contributed by atoms with Crippen LogP contribution >= 0.6 is 0 Å². The topological polar surface area (TPSA) is 54.0 Å². The van der Waals surface area contributed by atoms with Crippen molar-refractivity contribution in [2.45, 2.75) is 32.2 Å². The normalized spacial score (nSPS) is 32.7. The van der Waals surface area contributed by atoms with Gasteiger partial charge in [-0.15, -0.1) is 0 Å². The van der Waals surface area contributed by atoms with E-state index < -0.39 is 5.79 Å². The van der Waals surface area contributed by atoms with Gasteiger partial charge < -0.3 is 18.9 Å². The zero-order chi connectivity index (χ0) is 17.9. The molecule has 1 aromatic rings. The summed E-state index contributed by atoms with van der Waals surface area (Å²) in [4.78, 5) is 12.5. The highest BCUT2D eigenvalue weighted by molar-refractivity contribution is 6.05. The van der Waals surface area contributed by atoms with Crippen LogP contribution in [0.5, 0.6) is 0 Å². The Morgan fingerprint density at radius 3 is 2.62 bits per heavy atom. The number of esters is 1. The van der Waals surface area contributed by atoms with E-state index in [0.29, 0.717) is 32.8 Å². The summed E-state index contributed by atoms with van der Waals surface area (Å²) in [5.41, 5.74) is 4.67. The number of rotatable bonds is 2. The van der Waals surface area contributed by atoms with E-state index in [1.54, 1.807) is 0 Å². The van der Waals surface area contributed by atoms with Gasteiger partial charge >= 0.3 is 5.97 Å². The number of hydrogen-bond acceptors (Lipinski definition) is 5. The minimum atomic E-state index is -0.601. The first kappa shape index (κ1) is 16.2. The zero-order valence-corrected chi connectivity index (χ0v) is 15.0. The van der Waals surface area contributed by atoms with Gasteiger partial charge in [-0.3, -0.25) is 0 Å². The quantitative estimate of drug-likeness (QED) is 0.765. The van der Waals surface area contributed by atoms with Gasteiger partial charge in [0.25, 0.3) is 0 Å². The van der Waals surface area contributed by atoms with Crippen molar-refractivity contribution in [2.75, 3.05) is 26.4 Å². The predicted octanol–water partition coefficient (Wildman–Crippen LogP) is 2.87. The summed E-state index contributed by atoms with van der Waals surface area (Å²) in [6, 6.07) is 10.1. The van der Waals surface area contributed by atoms with Crippen molar-refractivity contribution in [1.82, 2.24) is 0 Å². The number of allylic oxidation sites excluding steroid dienone is 1. The molecule has 0 bridgehead atoms. The molecule has 3 saturated heterocycles. The summed E-state index contributed by atoms with van der Waals surface area (Å²) in [5, 5.41) is 0. The van der Waals surface area contributed by atoms with Crippen molar-refractivity contribution >= 4 is 11.5 Å². The summed E-state index contributed by atoms with van der Waals surface area (Å²) < 4.78 is 23.5. The fourth-order valence-corrected chi connectivity index (χ4v) is 4.71. The van der Waals surface area contributed by atoms with Gasteiger partial charge in [0.05, 0.1) is 36.9 Å². The van der Waals surface area contributed by atoms with Gasteiger partial charge in [-0.1, -0.05) is 30.3 Å². The van der Waals surface area contributed by atoms with E-state index in [4.69, 9.17) is 18.9 Å². The number of hydrogen-bond donors (Lipinski definition) is 0. The molecular formula is C21H22O5. The molecule has 1 unspecified atom stereocenters. The lowest BCUT2D eigenvalue weighted by Crippen LogP contribution is -2.42. The van der Waals surface area contributed by atoms with E-state index >= 15 is 0 Å². The summed E-state index contributed by atoms with van der Waals surface area (Å²) in [6.45, 7) is 5.83. The second-order valence-electron chi connectivity index (χ2n) is 7.90. The minimum absolute atomic E-state index is 0.0986. The average molecular weight is 354 g/mol.